The monoisotopic (exact) mass is 342 g/mol. The highest BCUT2D eigenvalue weighted by molar-refractivity contribution is 9.10. The average molecular weight is 343 g/mol. The maximum absolute atomic E-state index is 12.3. The molecule has 0 aliphatic rings. The molecule has 0 spiro atoms. The Balaban J connectivity index is 2.94. The Morgan fingerprint density at radius 1 is 1.45 bits per heavy atom. The number of carbonyl (C=O) groups excluding carboxylic acids is 1. The third-order valence-electron chi connectivity index (χ3n) is 3.14. The Bertz CT molecular complexity index is 475. The second kappa shape index (κ2) is 7.64. The van der Waals surface area contributed by atoms with E-state index in [4.69, 9.17) is 10.5 Å². The van der Waals surface area contributed by atoms with Gasteiger partial charge in [0.05, 0.1) is 18.7 Å². The molecule has 1 rings (SSSR count). The normalized spacial score (nSPS) is 12.3. The molecule has 1 aromatic rings. The van der Waals surface area contributed by atoms with Gasteiger partial charge in [-0.05, 0) is 37.0 Å². The summed E-state index contributed by atoms with van der Waals surface area (Å²) in [6, 6.07) is 3.78. The molecule has 5 heteroatoms. The fourth-order valence-electron chi connectivity index (χ4n) is 2.14. The minimum Gasteiger partial charge on any atom is -0.495 e. The van der Waals surface area contributed by atoms with Gasteiger partial charge in [0, 0.05) is 11.0 Å². The molecule has 1 unspecified atom stereocenters. The summed E-state index contributed by atoms with van der Waals surface area (Å²) < 4.78 is 6.25. The molecule has 4 nitrogen and oxygen atoms in total. The Morgan fingerprint density at radius 3 is 2.60 bits per heavy atom. The third-order valence-corrected chi connectivity index (χ3v) is 3.60. The first kappa shape index (κ1) is 17.0. The van der Waals surface area contributed by atoms with Gasteiger partial charge in [-0.3, -0.25) is 4.79 Å². The smallest absolute Gasteiger partial charge is 0.228 e. The molecule has 0 bridgehead atoms. The van der Waals surface area contributed by atoms with Gasteiger partial charge in [0.25, 0.3) is 0 Å². The van der Waals surface area contributed by atoms with Gasteiger partial charge in [0.15, 0.2) is 0 Å². The van der Waals surface area contributed by atoms with Gasteiger partial charge in [0.1, 0.15) is 5.75 Å². The summed E-state index contributed by atoms with van der Waals surface area (Å²) in [7, 11) is 1.59. The van der Waals surface area contributed by atoms with Gasteiger partial charge in [-0.15, -0.1) is 0 Å². The van der Waals surface area contributed by atoms with Gasteiger partial charge in [-0.1, -0.05) is 29.8 Å². The van der Waals surface area contributed by atoms with Crippen molar-refractivity contribution in [3.05, 3.63) is 22.2 Å². The van der Waals surface area contributed by atoms with Crippen molar-refractivity contribution in [2.24, 2.45) is 17.6 Å². The van der Waals surface area contributed by atoms with Crippen LogP contribution >= 0.6 is 15.9 Å². The summed E-state index contributed by atoms with van der Waals surface area (Å²) in [5.41, 5.74) is 7.37. The summed E-state index contributed by atoms with van der Waals surface area (Å²) in [6.07, 6.45) is 0.778. The van der Waals surface area contributed by atoms with E-state index in [1.165, 1.54) is 0 Å². The molecule has 0 radical (unpaired) electrons. The van der Waals surface area contributed by atoms with Crippen LogP contribution in [0.3, 0.4) is 0 Å². The molecule has 112 valence electrons. The molecule has 1 atom stereocenters. The lowest BCUT2D eigenvalue weighted by Gasteiger charge is -2.19. The first-order chi connectivity index (χ1) is 9.38. The molecular weight excluding hydrogens is 320 g/mol. The second-order valence-corrected chi connectivity index (χ2v) is 6.27. The number of anilines is 1. The van der Waals surface area contributed by atoms with Crippen molar-refractivity contribution in [1.29, 1.82) is 0 Å². The number of nitrogens with one attached hydrogen (secondary N) is 1. The van der Waals surface area contributed by atoms with E-state index < -0.39 is 0 Å². The van der Waals surface area contributed by atoms with Crippen molar-refractivity contribution in [3.63, 3.8) is 0 Å². The van der Waals surface area contributed by atoms with Crippen molar-refractivity contribution in [2.75, 3.05) is 19.0 Å². The van der Waals surface area contributed by atoms with E-state index in [0.717, 1.165) is 16.5 Å². The molecule has 0 aliphatic carbocycles. The number of aryl methyl sites for hydroxylation is 1. The quantitative estimate of drug-likeness (QED) is 0.833. The molecule has 0 aromatic heterocycles. The topological polar surface area (TPSA) is 64.3 Å². The minimum absolute atomic E-state index is 0.0510. The van der Waals surface area contributed by atoms with Crippen molar-refractivity contribution in [2.45, 2.75) is 27.2 Å². The molecule has 1 aromatic carbocycles. The number of amides is 1. The highest BCUT2D eigenvalue weighted by Crippen LogP contribution is 2.32. The Kier molecular flexibility index (Phi) is 6.49. The van der Waals surface area contributed by atoms with Crippen molar-refractivity contribution in [1.82, 2.24) is 0 Å². The summed E-state index contributed by atoms with van der Waals surface area (Å²) in [4.78, 5) is 12.3. The van der Waals surface area contributed by atoms with Crippen LogP contribution in [0, 0.1) is 18.8 Å². The van der Waals surface area contributed by atoms with E-state index in [0.29, 0.717) is 23.9 Å². The number of nitrogens with two attached hydrogens (primary N) is 1. The molecule has 20 heavy (non-hydrogen) atoms. The predicted octanol–water partition coefficient (Wildman–Crippen LogP) is 3.33. The van der Waals surface area contributed by atoms with Crippen LogP contribution in [0.4, 0.5) is 5.69 Å². The van der Waals surface area contributed by atoms with E-state index in [1.54, 1.807) is 7.11 Å². The van der Waals surface area contributed by atoms with E-state index in [9.17, 15) is 4.79 Å². The Labute approximate surface area is 129 Å². The zero-order valence-corrected chi connectivity index (χ0v) is 14.1. The van der Waals surface area contributed by atoms with E-state index in [1.807, 2.05) is 19.1 Å². The number of benzene rings is 1. The molecule has 0 saturated heterocycles. The van der Waals surface area contributed by atoms with Crippen LogP contribution in [-0.2, 0) is 4.79 Å². The molecule has 3 N–H and O–H groups in total. The standard InChI is InChI=1S/C15H23BrN2O2/c1-9(2)5-11(8-17)15(19)18-14-10(3)6-12(16)7-13(14)20-4/h6-7,9,11H,5,8,17H2,1-4H3,(H,18,19). The molecule has 0 saturated carbocycles. The predicted molar refractivity (Wildman–Crippen MR) is 86.1 cm³/mol. The molecule has 0 fully saturated rings. The number of hydrogen-bond acceptors (Lipinski definition) is 3. The van der Waals surface area contributed by atoms with Crippen molar-refractivity contribution >= 4 is 27.5 Å². The fourth-order valence-corrected chi connectivity index (χ4v) is 2.69. The van der Waals surface area contributed by atoms with Gasteiger partial charge < -0.3 is 15.8 Å². The third kappa shape index (κ3) is 4.49. The molecule has 0 heterocycles. The SMILES string of the molecule is COc1cc(Br)cc(C)c1NC(=O)C(CN)CC(C)C. The zero-order chi connectivity index (χ0) is 15.3. The van der Waals surface area contributed by atoms with Crippen molar-refractivity contribution in [3.8, 4) is 5.75 Å². The Morgan fingerprint density at radius 2 is 2.10 bits per heavy atom. The van der Waals surface area contributed by atoms with Crippen LogP contribution < -0.4 is 15.8 Å². The number of carbonyl (C=O) groups is 1. The van der Waals surface area contributed by atoms with Crippen LogP contribution in [0.5, 0.6) is 5.75 Å². The maximum atomic E-state index is 12.3. The molecule has 0 aliphatic heterocycles. The van der Waals surface area contributed by atoms with Gasteiger partial charge in [-0.2, -0.15) is 0 Å². The first-order valence-electron chi connectivity index (χ1n) is 6.74. The maximum Gasteiger partial charge on any atom is 0.228 e. The Hall–Kier alpha value is -1.07. The van der Waals surface area contributed by atoms with E-state index in [2.05, 4.69) is 35.1 Å². The highest BCUT2D eigenvalue weighted by Gasteiger charge is 2.20. The number of methoxy groups -OCH3 is 1. The lowest BCUT2D eigenvalue weighted by molar-refractivity contribution is -0.120. The summed E-state index contributed by atoms with van der Waals surface area (Å²) >= 11 is 3.42. The van der Waals surface area contributed by atoms with Crippen LogP contribution in [0.15, 0.2) is 16.6 Å². The van der Waals surface area contributed by atoms with Crippen LogP contribution in [0.25, 0.3) is 0 Å². The minimum atomic E-state index is -0.178. The van der Waals surface area contributed by atoms with E-state index >= 15 is 0 Å². The van der Waals surface area contributed by atoms with Gasteiger partial charge in [-0.25, -0.2) is 0 Å². The number of ether oxygens (including phenoxy) is 1. The van der Waals surface area contributed by atoms with Gasteiger partial charge >= 0.3 is 0 Å². The molecular formula is C15H23BrN2O2. The second-order valence-electron chi connectivity index (χ2n) is 5.35. The first-order valence-corrected chi connectivity index (χ1v) is 7.53. The zero-order valence-electron chi connectivity index (χ0n) is 12.5. The highest BCUT2D eigenvalue weighted by atomic mass is 79.9. The fraction of sp³-hybridized carbons (Fsp3) is 0.533. The number of hydrogen-bond donors (Lipinski definition) is 2. The number of rotatable bonds is 6. The largest absolute Gasteiger partial charge is 0.495 e. The average Bonchev–Trinajstić information content (AvgIpc) is 2.38. The lowest BCUT2D eigenvalue weighted by atomic mass is 9.96. The van der Waals surface area contributed by atoms with Gasteiger partial charge in [0.2, 0.25) is 5.91 Å². The molecule has 1 amide bonds. The van der Waals surface area contributed by atoms with Crippen LogP contribution in [0.2, 0.25) is 0 Å². The number of halogens is 1. The summed E-state index contributed by atoms with van der Waals surface area (Å²) in [5, 5.41) is 2.95. The lowest BCUT2D eigenvalue weighted by Crippen LogP contribution is -2.30. The van der Waals surface area contributed by atoms with Crippen LogP contribution in [-0.4, -0.2) is 19.6 Å². The summed E-state index contributed by atoms with van der Waals surface area (Å²) in [6.45, 7) is 6.45. The summed E-state index contributed by atoms with van der Waals surface area (Å²) in [5.74, 6) is 0.848. The van der Waals surface area contributed by atoms with Crippen molar-refractivity contribution < 1.29 is 9.53 Å². The van der Waals surface area contributed by atoms with E-state index in [-0.39, 0.29) is 11.8 Å². The van der Waals surface area contributed by atoms with Crippen LogP contribution in [0.1, 0.15) is 25.8 Å².